The second-order valence-corrected chi connectivity index (χ2v) is 5.98. The molecule has 2 aromatic carbocycles. The molecule has 0 aromatic heterocycles. The van der Waals surface area contributed by atoms with Gasteiger partial charge in [-0.2, -0.15) is 0 Å². The highest BCUT2D eigenvalue weighted by Crippen LogP contribution is 2.40. The summed E-state index contributed by atoms with van der Waals surface area (Å²) in [5.74, 6) is 3.07. The van der Waals surface area contributed by atoms with E-state index in [4.69, 9.17) is 6.42 Å². The van der Waals surface area contributed by atoms with Crippen molar-refractivity contribution >= 4 is 0 Å². The zero-order chi connectivity index (χ0) is 13.9. The summed E-state index contributed by atoms with van der Waals surface area (Å²) in [5.41, 5.74) is 3.72. The van der Waals surface area contributed by atoms with Crippen molar-refractivity contribution in [1.29, 1.82) is 0 Å². The molecule has 0 aliphatic carbocycles. The van der Waals surface area contributed by atoms with E-state index in [0.29, 0.717) is 5.92 Å². The van der Waals surface area contributed by atoms with Gasteiger partial charge in [-0.05, 0) is 28.7 Å². The topological polar surface area (TPSA) is 0 Å². The van der Waals surface area contributed by atoms with E-state index in [1.807, 2.05) is 12.1 Å². The molecule has 2 aromatic rings. The maximum absolute atomic E-state index is 5.52. The molecule has 1 atom stereocenters. The predicted octanol–water partition coefficient (Wildman–Crippen LogP) is 4.85. The molecular weight excluding hydrogens is 228 g/mol. The van der Waals surface area contributed by atoms with Crippen molar-refractivity contribution < 1.29 is 0 Å². The fourth-order valence-electron chi connectivity index (χ4n) is 2.65. The van der Waals surface area contributed by atoms with Crippen LogP contribution in [0.2, 0.25) is 0 Å². The molecule has 0 N–H and O–H groups in total. The Kier molecular flexibility index (Phi) is 3.76. The van der Waals surface area contributed by atoms with Crippen molar-refractivity contribution in [2.24, 2.45) is 5.41 Å². The fourth-order valence-corrected chi connectivity index (χ4v) is 2.65. The van der Waals surface area contributed by atoms with Gasteiger partial charge in [0.1, 0.15) is 0 Å². The van der Waals surface area contributed by atoms with Crippen LogP contribution in [0.3, 0.4) is 0 Å². The SMILES string of the molecule is C#Cc1cccc(C(c2ccccc2)C(C)(C)C)c1. The summed E-state index contributed by atoms with van der Waals surface area (Å²) in [6, 6.07) is 19.0. The van der Waals surface area contributed by atoms with Crippen molar-refractivity contribution in [3.05, 3.63) is 71.3 Å². The van der Waals surface area contributed by atoms with E-state index in [2.05, 4.69) is 69.2 Å². The van der Waals surface area contributed by atoms with Gasteiger partial charge in [0.05, 0.1) is 0 Å². The number of hydrogen-bond acceptors (Lipinski definition) is 0. The summed E-state index contributed by atoms with van der Waals surface area (Å²) in [6.07, 6.45) is 5.52. The Morgan fingerprint density at radius 1 is 0.895 bits per heavy atom. The van der Waals surface area contributed by atoms with Gasteiger partial charge in [-0.3, -0.25) is 0 Å². The summed E-state index contributed by atoms with van der Waals surface area (Å²) >= 11 is 0. The molecule has 0 heteroatoms. The van der Waals surface area contributed by atoms with E-state index >= 15 is 0 Å². The monoisotopic (exact) mass is 248 g/mol. The largest absolute Gasteiger partial charge is 0.115 e. The number of terminal acetylenes is 1. The van der Waals surface area contributed by atoms with E-state index in [1.165, 1.54) is 11.1 Å². The molecule has 1 unspecified atom stereocenters. The number of benzene rings is 2. The van der Waals surface area contributed by atoms with Crippen LogP contribution in [-0.4, -0.2) is 0 Å². The Hall–Kier alpha value is -2.00. The average Bonchev–Trinajstić information content (AvgIpc) is 2.39. The third-order valence-corrected chi connectivity index (χ3v) is 3.39. The molecule has 0 nitrogen and oxygen atoms in total. The highest BCUT2D eigenvalue weighted by Gasteiger charge is 2.27. The predicted molar refractivity (Wildman–Crippen MR) is 82.1 cm³/mol. The molecule has 0 bridgehead atoms. The normalized spacial score (nSPS) is 12.7. The lowest BCUT2D eigenvalue weighted by Crippen LogP contribution is -2.19. The molecule has 0 fully saturated rings. The zero-order valence-electron chi connectivity index (χ0n) is 11.9. The molecule has 19 heavy (non-hydrogen) atoms. The smallest absolute Gasteiger partial charge is 0.0245 e. The molecule has 0 saturated heterocycles. The first kappa shape index (κ1) is 13.4. The average molecular weight is 248 g/mol. The molecule has 0 saturated carbocycles. The van der Waals surface area contributed by atoms with E-state index < -0.39 is 0 Å². The number of hydrogen-bond donors (Lipinski definition) is 0. The van der Waals surface area contributed by atoms with Gasteiger partial charge in [0, 0.05) is 11.5 Å². The van der Waals surface area contributed by atoms with Gasteiger partial charge in [0.15, 0.2) is 0 Å². The van der Waals surface area contributed by atoms with Gasteiger partial charge in [-0.15, -0.1) is 6.42 Å². The van der Waals surface area contributed by atoms with Crippen LogP contribution in [0.5, 0.6) is 0 Å². The third-order valence-electron chi connectivity index (χ3n) is 3.39. The van der Waals surface area contributed by atoms with Crippen molar-refractivity contribution in [3.8, 4) is 12.3 Å². The van der Waals surface area contributed by atoms with Crippen molar-refractivity contribution in [2.45, 2.75) is 26.7 Å². The van der Waals surface area contributed by atoms with Gasteiger partial charge in [0.25, 0.3) is 0 Å². The van der Waals surface area contributed by atoms with E-state index in [-0.39, 0.29) is 5.41 Å². The van der Waals surface area contributed by atoms with Gasteiger partial charge in [-0.25, -0.2) is 0 Å². The van der Waals surface area contributed by atoms with Crippen molar-refractivity contribution in [3.63, 3.8) is 0 Å². The molecule has 0 aliphatic rings. The summed E-state index contributed by atoms with van der Waals surface area (Å²) in [6.45, 7) is 6.81. The highest BCUT2D eigenvalue weighted by molar-refractivity contribution is 5.41. The maximum atomic E-state index is 5.52. The second kappa shape index (κ2) is 5.33. The Labute approximate surface area is 116 Å². The van der Waals surface area contributed by atoms with E-state index in [0.717, 1.165) is 5.56 Å². The molecule has 0 spiro atoms. The Morgan fingerprint density at radius 2 is 1.53 bits per heavy atom. The van der Waals surface area contributed by atoms with Gasteiger partial charge in [0.2, 0.25) is 0 Å². The third kappa shape index (κ3) is 3.06. The van der Waals surface area contributed by atoms with Crippen LogP contribution >= 0.6 is 0 Å². The molecule has 96 valence electrons. The van der Waals surface area contributed by atoms with Crippen molar-refractivity contribution in [2.75, 3.05) is 0 Å². The molecule has 0 heterocycles. The highest BCUT2D eigenvalue weighted by atomic mass is 14.3. The number of rotatable bonds is 2. The standard InChI is InChI=1S/C19H20/c1-5-15-10-9-13-17(14-15)18(19(2,3)4)16-11-7-6-8-12-16/h1,6-14,18H,2-4H3. The molecule has 0 radical (unpaired) electrons. The maximum Gasteiger partial charge on any atom is 0.0245 e. The van der Waals surface area contributed by atoms with Gasteiger partial charge >= 0.3 is 0 Å². The van der Waals surface area contributed by atoms with Gasteiger partial charge < -0.3 is 0 Å². The van der Waals surface area contributed by atoms with Crippen LogP contribution in [0.1, 0.15) is 43.4 Å². The summed E-state index contributed by atoms with van der Waals surface area (Å²) < 4.78 is 0. The summed E-state index contributed by atoms with van der Waals surface area (Å²) in [5, 5.41) is 0. The van der Waals surface area contributed by atoms with Crippen LogP contribution in [0.25, 0.3) is 0 Å². The fraction of sp³-hybridized carbons (Fsp3) is 0.263. The lowest BCUT2D eigenvalue weighted by atomic mass is 9.72. The Balaban J connectivity index is 2.53. The van der Waals surface area contributed by atoms with Crippen LogP contribution < -0.4 is 0 Å². The minimum Gasteiger partial charge on any atom is -0.115 e. The quantitative estimate of drug-likeness (QED) is 0.667. The molecular formula is C19H20. The Morgan fingerprint density at radius 3 is 2.11 bits per heavy atom. The molecule has 0 aliphatic heterocycles. The van der Waals surface area contributed by atoms with Crippen LogP contribution in [-0.2, 0) is 0 Å². The van der Waals surface area contributed by atoms with Crippen LogP contribution in [0, 0.1) is 17.8 Å². The van der Waals surface area contributed by atoms with Crippen LogP contribution in [0.15, 0.2) is 54.6 Å². The molecule has 0 amide bonds. The van der Waals surface area contributed by atoms with Crippen molar-refractivity contribution in [1.82, 2.24) is 0 Å². The minimum atomic E-state index is 0.147. The second-order valence-electron chi connectivity index (χ2n) is 5.98. The lowest BCUT2D eigenvalue weighted by Gasteiger charge is -2.32. The lowest BCUT2D eigenvalue weighted by molar-refractivity contribution is 0.358. The molecule has 2 rings (SSSR count). The minimum absolute atomic E-state index is 0.147. The zero-order valence-corrected chi connectivity index (χ0v) is 11.9. The first-order chi connectivity index (χ1) is 9.02. The van der Waals surface area contributed by atoms with Gasteiger partial charge in [-0.1, -0.05) is 69.2 Å². The van der Waals surface area contributed by atoms with Crippen LogP contribution in [0.4, 0.5) is 0 Å². The van der Waals surface area contributed by atoms with E-state index in [9.17, 15) is 0 Å². The Bertz CT molecular complexity index is 579. The first-order valence-corrected chi connectivity index (χ1v) is 6.64. The van der Waals surface area contributed by atoms with E-state index in [1.54, 1.807) is 0 Å². The first-order valence-electron chi connectivity index (χ1n) is 6.64. The summed E-state index contributed by atoms with van der Waals surface area (Å²) in [4.78, 5) is 0. The summed E-state index contributed by atoms with van der Waals surface area (Å²) in [7, 11) is 0.